The summed E-state index contributed by atoms with van der Waals surface area (Å²) in [6.07, 6.45) is 4.01. The number of H-pyrrole nitrogens is 1. The molecule has 4 N–H and O–H groups in total. The van der Waals surface area contributed by atoms with Crippen molar-refractivity contribution >= 4 is 17.5 Å². The van der Waals surface area contributed by atoms with Gasteiger partial charge in [-0.2, -0.15) is 5.10 Å². The molecule has 194 valence electrons. The van der Waals surface area contributed by atoms with Gasteiger partial charge in [0.05, 0.1) is 0 Å². The van der Waals surface area contributed by atoms with E-state index in [0.29, 0.717) is 27.9 Å². The van der Waals surface area contributed by atoms with Crippen LogP contribution < -0.4 is 10.6 Å². The van der Waals surface area contributed by atoms with Crippen LogP contribution in [0.25, 0.3) is 11.1 Å². The molecule has 0 unspecified atom stereocenters. The van der Waals surface area contributed by atoms with Crippen molar-refractivity contribution in [1.29, 1.82) is 0 Å². The van der Waals surface area contributed by atoms with Crippen molar-refractivity contribution in [3.8, 4) is 16.9 Å². The molecule has 0 bridgehead atoms. The first-order valence-corrected chi connectivity index (χ1v) is 12.7. The first-order chi connectivity index (χ1) is 18.4. The highest BCUT2D eigenvalue weighted by Crippen LogP contribution is 2.43. The van der Waals surface area contributed by atoms with Crippen LogP contribution in [-0.4, -0.2) is 27.1 Å². The van der Waals surface area contributed by atoms with E-state index in [9.17, 15) is 19.1 Å². The van der Waals surface area contributed by atoms with Crippen LogP contribution in [0.4, 0.5) is 10.1 Å². The fourth-order valence-electron chi connectivity index (χ4n) is 5.04. The number of nitrogens with zero attached hydrogens (tertiary/aromatic N) is 1. The van der Waals surface area contributed by atoms with Crippen molar-refractivity contribution in [2.24, 2.45) is 0 Å². The molecule has 8 heteroatoms. The summed E-state index contributed by atoms with van der Waals surface area (Å²) in [5.74, 6) is -1.04. The number of aryl methyl sites for hydroxylation is 1. The van der Waals surface area contributed by atoms with Crippen LogP contribution in [0.3, 0.4) is 0 Å². The second-order valence-corrected chi connectivity index (χ2v) is 9.62. The molecule has 1 fully saturated rings. The van der Waals surface area contributed by atoms with E-state index in [1.54, 1.807) is 42.5 Å². The lowest BCUT2D eigenvalue weighted by atomic mass is 9.93. The van der Waals surface area contributed by atoms with E-state index in [0.717, 1.165) is 36.9 Å². The lowest BCUT2D eigenvalue weighted by molar-refractivity contribution is 0.0945. The van der Waals surface area contributed by atoms with Gasteiger partial charge >= 0.3 is 0 Å². The van der Waals surface area contributed by atoms with Gasteiger partial charge in [0, 0.05) is 46.1 Å². The number of rotatable bonds is 7. The van der Waals surface area contributed by atoms with Crippen LogP contribution >= 0.6 is 0 Å². The Morgan fingerprint density at radius 3 is 2.53 bits per heavy atom. The molecular formula is C30H29FN4O3. The zero-order valence-corrected chi connectivity index (χ0v) is 21.1. The van der Waals surface area contributed by atoms with Crippen LogP contribution in [-0.2, 0) is 6.54 Å². The van der Waals surface area contributed by atoms with E-state index in [1.807, 2.05) is 19.1 Å². The number of halogens is 1. The Bertz CT molecular complexity index is 1490. The number of amides is 2. The number of aromatic amines is 1. The maximum atomic E-state index is 14.1. The van der Waals surface area contributed by atoms with Gasteiger partial charge in [-0.05, 0) is 55.7 Å². The fourth-order valence-corrected chi connectivity index (χ4v) is 5.04. The van der Waals surface area contributed by atoms with E-state index in [4.69, 9.17) is 0 Å². The lowest BCUT2D eigenvalue weighted by Gasteiger charge is -2.15. The minimum absolute atomic E-state index is 0.00489. The average Bonchev–Trinajstić information content (AvgIpc) is 3.60. The van der Waals surface area contributed by atoms with Crippen molar-refractivity contribution < 1.29 is 19.1 Å². The number of hydrogen-bond donors (Lipinski definition) is 4. The molecular weight excluding hydrogens is 483 g/mol. The van der Waals surface area contributed by atoms with Crippen LogP contribution in [0.5, 0.6) is 5.75 Å². The Labute approximate surface area is 220 Å². The smallest absolute Gasteiger partial charge is 0.272 e. The highest BCUT2D eigenvalue weighted by molar-refractivity contribution is 6.06. The number of anilines is 1. The van der Waals surface area contributed by atoms with E-state index < -0.39 is 11.7 Å². The summed E-state index contributed by atoms with van der Waals surface area (Å²) in [7, 11) is 0. The first-order valence-electron chi connectivity index (χ1n) is 12.7. The number of nitrogens with one attached hydrogen (secondary N) is 3. The van der Waals surface area contributed by atoms with Crippen molar-refractivity contribution in [2.45, 2.75) is 45.1 Å². The SMILES string of the molecule is Cc1ccccc1C(=O)Nc1ccc(O)c(-c2c(C(=O)NCc3ccccc3F)n[nH]c2C2CCCC2)c1. The number of aromatic hydroxyl groups is 1. The van der Waals surface area contributed by atoms with Gasteiger partial charge in [-0.3, -0.25) is 14.7 Å². The highest BCUT2D eigenvalue weighted by Gasteiger charge is 2.29. The molecule has 3 aromatic carbocycles. The summed E-state index contributed by atoms with van der Waals surface area (Å²) in [4.78, 5) is 26.2. The largest absolute Gasteiger partial charge is 0.507 e. The Morgan fingerprint density at radius 2 is 1.76 bits per heavy atom. The predicted molar refractivity (Wildman–Crippen MR) is 144 cm³/mol. The van der Waals surface area contributed by atoms with E-state index in [-0.39, 0.29) is 29.8 Å². The standard InChI is InChI=1S/C30H29FN4O3/c1-18-8-2-6-12-22(18)29(37)33-21-14-15-25(36)23(16-21)26-27(19-9-3-4-10-19)34-35-28(26)30(38)32-17-20-11-5-7-13-24(20)31/h2,5-8,11-16,19,36H,3-4,9-10,17H2,1H3,(H,32,38)(H,33,37)(H,34,35). The molecule has 0 spiro atoms. The van der Waals surface area contributed by atoms with Crippen LogP contribution in [0, 0.1) is 12.7 Å². The minimum Gasteiger partial charge on any atom is -0.507 e. The number of carbonyl (C=O) groups excluding carboxylic acids is 2. The number of phenols is 1. The number of phenolic OH excluding ortho intramolecular Hbond substituents is 1. The van der Waals surface area contributed by atoms with Gasteiger partial charge in [-0.1, -0.05) is 49.2 Å². The van der Waals surface area contributed by atoms with Crippen LogP contribution in [0.15, 0.2) is 66.7 Å². The summed E-state index contributed by atoms with van der Waals surface area (Å²) >= 11 is 0. The molecule has 1 saturated carbocycles. The number of aromatic nitrogens is 2. The molecule has 4 aromatic rings. The van der Waals surface area contributed by atoms with Gasteiger partial charge in [0.15, 0.2) is 5.69 Å². The third-order valence-electron chi connectivity index (χ3n) is 7.08. The minimum atomic E-state index is -0.488. The van der Waals surface area contributed by atoms with Gasteiger partial charge in [0.2, 0.25) is 0 Å². The van der Waals surface area contributed by atoms with Gasteiger partial charge in [-0.15, -0.1) is 0 Å². The molecule has 38 heavy (non-hydrogen) atoms. The van der Waals surface area contributed by atoms with Gasteiger partial charge < -0.3 is 15.7 Å². The molecule has 5 rings (SSSR count). The number of hydrogen-bond acceptors (Lipinski definition) is 4. The predicted octanol–water partition coefficient (Wildman–Crippen LogP) is 6.07. The van der Waals surface area contributed by atoms with Crippen molar-refractivity contribution in [3.63, 3.8) is 0 Å². The van der Waals surface area contributed by atoms with Gasteiger partial charge in [0.1, 0.15) is 11.6 Å². The van der Waals surface area contributed by atoms with E-state index in [2.05, 4.69) is 20.8 Å². The monoisotopic (exact) mass is 512 g/mol. The van der Waals surface area contributed by atoms with Gasteiger partial charge in [0.25, 0.3) is 11.8 Å². The van der Waals surface area contributed by atoms with Gasteiger partial charge in [-0.25, -0.2) is 4.39 Å². The molecule has 0 radical (unpaired) electrons. The molecule has 7 nitrogen and oxygen atoms in total. The maximum Gasteiger partial charge on any atom is 0.272 e. The third-order valence-corrected chi connectivity index (χ3v) is 7.08. The first kappa shape index (κ1) is 25.2. The van der Waals surface area contributed by atoms with Crippen molar-refractivity contribution in [2.75, 3.05) is 5.32 Å². The second kappa shape index (κ2) is 10.9. The molecule has 0 atom stereocenters. The zero-order valence-electron chi connectivity index (χ0n) is 21.1. The topological polar surface area (TPSA) is 107 Å². The van der Waals surface area contributed by atoms with Crippen molar-refractivity contribution in [3.05, 3.63) is 101 Å². The molecule has 1 heterocycles. The fraction of sp³-hybridized carbons (Fsp3) is 0.233. The Hall–Kier alpha value is -4.46. The van der Waals surface area contributed by atoms with Crippen LogP contribution in [0.1, 0.15) is 69.3 Å². The normalized spacial score (nSPS) is 13.4. The lowest BCUT2D eigenvalue weighted by Crippen LogP contribution is -2.24. The average molecular weight is 513 g/mol. The number of benzene rings is 3. The molecule has 2 amide bonds. The third kappa shape index (κ3) is 5.16. The zero-order chi connectivity index (χ0) is 26.6. The summed E-state index contributed by atoms with van der Waals surface area (Å²) in [6.45, 7) is 1.86. The van der Waals surface area contributed by atoms with E-state index in [1.165, 1.54) is 12.1 Å². The molecule has 1 aliphatic rings. The maximum absolute atomic E-state index is 14.1. The molecule has 1 aromatic heterocycles. The summed E-state index contributed by atoms with van der Waals surface area (Å²) in [5.41, 5.74) is 3.99. The quantitative estimate of drug-likeness (QED) is 0.226. The summed E-state index contributed by atoms with van der Waals surface area (Å²) in [5, 5.41) is 23.9. The van der Waals surface area contributed by atoms with E-state index >= 15 is 0 Å². The second-order valence-electron chi connectivity index (χ2n) is 9.62. The Kier molecular flexibility index (Phi) is 7.22. The van der Waals surface area contributed by atoms with Crippen LogP contribution in [0.2, 0.25) is 0 Å². The summed E-state index contributed by atoms with van der Waals surface area (Å²) in [6, 6.07) is 18.3. The van der Waals surface area contributed by atoms with Crippen molar-refractivity contribution in [1.82, 2.24) is 15.5 Å². The summed E-state index contributed by atoms with van der Waals surface area (Å²) < 4.78 is 14.1. The molecule has 1 aliphatic carbocycles. The molecule has 0 aliphatic heterocycles. The Balaban J connectivity index is 1.49. The Morgan fingerprint density at radius 1 is 1.03 bits per heavy atom. The number of carbonyl (C=O) groups is 2. The molecule has 0 saturated heterocycles. The highest BCUT2D eigenvalue weighted by atomic mass is 19.1.